The van der Waals surface area contributed by atoms with Crippen molar-refractivity contribution in [2.45, 2.75) is 52.1 Å². The Morgan fingerprint density at radius 1 is 1.12 bits per heavy atom. The second-order valence-corrected chi connectivity index (χ2v) is 9.62. The van der Waals surface area contributed by atoms with E-state index in [9.17, 15) is 15.0 Å². The van der Waals surface area contributed by atoms with E-state index in [2.05, 4.69) is 25.3 Å². The van der Waals surface area contributed by atoms with Crippen LogP contribution < -0.4 is 5.32 Å². The lowest BCUT2D eigenvalue weighted by atomic mass is 9.74. The standard InChI is InChI=1S/C23H27N5O3S/c1-13-8-9-24-22(27-13)28-17-10-14(2)26-18(11-17)19-12-25-21(32-19)23(3,31)16-6-4-15(5-7-16)20(29)30/h8-12,15-16,31H,4-7H2,1-3H3,(H,29,30)(H,24,26,27,28)/t15?,16?,23-/m0/s1. The van der Waals surface area contributed by atoms with Crippen molar-refractivity contribution in [1.29, 1.82) is 0 Å². The van der Waals surface area contributed by atoms with Gasteiger partial charge in [0, 0.05) is 29.5 Å². The molecule has 3 N–H and O–H groups in total. The normalized spacial score (nSPS) is 20.5. The van der Waals surface area contributed by atoms with E-state index >= 15 is 0 Å². The summed E-state index contributed by atoms with van der Waals surface area (Å²) >= 11 is 1.42. The summed E-state index contributed by atoms with van der Waals surface area (Å²) in [5.74, 6) is -0.552. The summed E-state index contributed by atoms with van der Waals surface area (Å²) in [4.78, 5) is 29.9. The third-order valence-electron chi connectivity index (χ3n) is 6.07. The second-order valence-electron chi connectivity index (χ2n) is 8.59. The van der Waals surface area contributed by atoms with E-state index in [4.69, 9.17) is 0 Å². The smallest absolute Gasteiger partial charge is 0.306 e. The molecule has 1 saturated carbocycles. The van der Waals surface area contributed by atoms with Crippen LogP contribution >= 0.6 is 11.3 Å². The number of aromatic nitrogens is 4. The number of rotatable bonds is 6. The first-order valence-corrected chi connectivity index (χ1v) is 11.5. The minimum Gasteiger partial charge on any atom is -0.481 e. The van der Waals surface area contributed by atoms with Gasteiger partial charge in [0.15, 0.2) is 0 Å². The van der Waals surface area contributed by atoms with E-state index in [1.54, 1.807) is 19.3 Å². The zero-order valence-corrected chi connectivity index (χ0v) is 19.2. The first-order chi connectivity index (χ1) is 15.2. The second kappa shape index (κ2) is 8.91. The van der Waals surface area contributed by atoms with Gasteiger partial charge in [0.2, 0.25) is 5.95 Å². The zero-order chi connectivity index (χ0) is 22.9. The molecule has 8 nitrogen and oxygen atoms in total. The van der Waals surface area contributed by atoms with Gasteiger partial charge in [-0.15, -0.1) is 11.3 Å². The van der Waals surface area contributed by atoms with Crippen molar-refractivity contribution in [2.24, 2.45) is 11.8 Å². The average molecular weight is 454 g/mol. The summed E-state index contributed by atoms with van der Waals surface area (Å²) in [5.41, 5.74) is 2.19. The number of hydrogen-bond acceptors (Lipinski definition) is 8. The predicted molar refractivity (Wildman–Crippen MR) is 123 cm³/mol. The fourth-order valence-corrected chi connectivity index (χ4v) is 5.21. The molecule has 1 aliphatic carbocycles. The molecule has 3 heterocycles. The number of carbonyl (C=O) groups is 1. The number of carboxylic acid groups (broad SMARTS) is 1. The minimum atomic E-state index is -1.10. The summed E-state index contributed by atoms with van der Waals surface area (Å²) in [5, 5.41) is 24.4. The third-order valence-corrected chi connectivity index (χ3v) is 7.31. The fourth-order valence-electron chi connectivity index (χ4n) is 4.21. The molecule has 0 unspecified atom stereocenters. The van der Waals surface area contributed by atoms with E-state index in [1.165, 1.54) is 11.3 Å². The maximum atomic E-state index is 11.3. The predicted octanol–water partition coefficient (Wildman–Crippen LogP) is 4.45. The largest absolute Gasteiger partial charge is 0.481 e. The van der Waals surface area contributed by atoms with Gasteiger partial charge in [0.05, 0.1) is 16.5 Å². The quantitative estimate of drug-likeness (QED) is 0.500. The van der Waals surface area contributed by atoms with Gasteiger partial charge in [-0.05, 0) is 70.6 Å². The lowest BCUT2D eigenvalue weighted by Crippen LogP contribution is -2.35. The lowest BCUT2D eigenvalue weighted by molar-refractivity contribution is -0.144. The number of pyridine rings is 1. The minimum absolute atomic E-state index is 0.0155. The van der Waals surface area contributed by atoms with Crippen LogP contribution in [0.5, 0.6) is 0 Å². The maximum absolute atomic E-state index is 11.3. The molecule has 1 aliphatic rings. The maximum Gasteiger partial charge on any atom is 0.306 e. The Balaban J connectivity index is 1.54. The van der Waals surface area contributed by atoms with Crippen molar-refractivity contribution in [3.63, 3.8) is 0 Å². The molecule has 168 valence electrons. The molecule has 0 saturated heterocycles. The Morgan fingerprint density at radius 2 is 1.88 bits per heavy atom. The first-order valence-electron chi connectivity index (χ1n) is 10.7. The number of nitrogens with one attached hydrogen (secondary N) is 1. The zero-order valence-electron chi connectivity index (χ0n) is 18.4. The van der Waals surface area contributed by atoms with Crippen LogP contribution in [0.4, 0.5) is 11.6 Å². The molecular weight excluding hydrogens is 426 g/mol. The summed E-state index contributed by atoms with van der Waals surface area (Å²) in [6.45, 7) is 5.62. The van der Waals surface area contributed by atoms with Crippen molar-refractivity contribution in [3.8, 4) is 10.6 Å². The van der Waals surface area contributed by atoms with Crippen LogP contribution in [-0.4, -0.2) is 36.1 Å². The number of aliphatic hydroxyl groups is 1. The molecule has 0 amide bonds. The SMILES string of the molecule is Cc1cc(Nc2nccc(C)n2)cc(-c2cnc([C@@](C)(O)C3CCC(C(=O)O)CC3)s2)n1. The highest BCUT2D eigenvalue weighted by Crippen LogP contribution is 2.43. The Kier molecular flexibility index (Phi) is 6.21. The molecule has 0 radical (unpaired) electrons. The van der Waals surface area contributed by atoms with Crippen LogP contribution in [-0.2, 0) is 10.4 Å². The fraction of sp³-hybridized carbons (Fsp3) is 0.435. The van der Waals surface area contributed by atoms with Gasteiger partial charge >= 0.3 is 5.97 Å². The van der Waals surface area contributed by atoms with Crippen LogP contribution in [0.2, 0.25) is 0 Å². The summed E-state index contributed by atoms with van der Waals surface area (Å²) in [6.07, 6.45) is 5.97. The number of nitrogens with zero attached hydrogens (tertiary/aromatic N) is 4. The van der Waals surface area contributed by atoms with Gasteiger partial charge in [-0.1, -0.05) is 0 Å². The van der Waals surface area contributed by atoms with E-state index < -0.39 is 11.6 Å². The monoisotopic (exact) mass is 453 g/mol. The summed E-state index contributed by atoms with van der Waals surface area (Å²) < 4.78 is 0. The van der Waals surface area contributed by atoms with Gasteiger partial charge in [-0.2, -0.15) is 0 Å². The highest BCUT2D eigenvalue weighted by molar-refractivity contribution is 7.15. The van der Waals surface area contributed by atoms with Crippen LogP contribution in [0.25, 0.3) is 10.6 Å². The molecule has 0 aromatic carbocycles. The van der Waals surface area contributed by atoms with Gasteiger partial charge in [-0.3, -0.25) is 9.78 Å². The first kappa shape index (κ1) is 22.3. The molecule has 1 atom stereocenters. The van der Waals surface area contributed by atoms with E-state index in [0.29, 0.717) is 36.6 Å². The Hall–Kier alpha value is -2.91. The number of thiazole rings is 1. The molecule has 9 heteroatoms. The van der Waals surface area contributed by atoms with Gasteiger partial charge in [0.25, 0.3) is 0 Å². The molecule has 3 aromatic rings. The molecular formula is C23H27N5O3S. The summed E-state index contributed by atoms with van der Waals surface area (Å²) in [7, 11) is 0. The van der Waals surface area contributed by atoms with E-state index in [-0.39, 0.29) is 11.8 Å². The van der Waals surface area contributed by atoms with Crippen LogP contribution in [0, 0.1) is 25.7 Å². The van der Waals surface area contributed by atoms with Gasteiger partial charge < -0.3 is 15.5 Å². The van der Waals surface area contributed by atoms with E-state index in [0.717, 1.165) is 27.6 Å². The number of carboxylic acids is 1. The van der Waals surface area contributed by atoms with E-state index in [1.807, 2.05) is 32.0 Å². The third kappa shape index (κ3) is 4.78. The number of anilines is 2. The lowest BCUT2D eigenvalue weighted by Gasteiger charge is -2.35. The average Bonchev–Trinajstić information content (AvgIpc) is 3.25. The molecule has 0 spiro atoms. The number of aryl methyl sites for hydroxylation is 2. The molecule has 32 heavy (non-hydrogen) atoms. The number of aliphatic carboxylic acids is 1. The highest BCUT2D eigenvalue weighted by Gasteiger charge is 2.40. The van der Waals surface area contributed by atoms with Crippen molar-refractivity contribution >= 4 is 28.9 Å². The van der Waals surface area contributed by atoms with Crippen molar-refractivity contribution in [3.05, 3.63) is 47.0 Å². The van der Waals surface area contributed by atoms with Crippen LogP contribution in [0.3, 0.4) is 0 Å². The molecule has 0 bridgehead atoms. The number of hydrogen-bond donors (Lipinski definition) is 3. The van der Waals surface area contributed by atoms with Crippen LogP contribution in [0.1, 0.15) is 49.0 Å². The summed E-state index contributed by atoms with van der Waals surface area (Å²) in [6, 6.07) is 5.68. The molecule has 0 aliphatic heterocycles. The molecule has 3 aromatic heterocycles. The van der Waals surface area contributed by atoms with Gasteiger partial charge in [0.1, 0.15) is 10.6 Å². The van der Waals surface area contributed by atoms with Gasteiger partial charge in [-0.25, -0.2) is 15.0 Å². The van der Waals surface area contributed by atoms with Crippen molar-refractivity contribution in [1.82, 2.24) is 19.9 Å². The molecule has 4 rings (SSSR count). The van der Waals surface area contributed by atoms with Crippen molar-refractivity contribution < 1.29 is 15.0 Å². The molecule has 1 fully saturated rings. The topological polar surface area (TPSA) is 121 Å². The van der Waals surface area contributed by atoms with Crippen molar-refractivity contribution in [2.75, 3.05) is 5.32 Å². The highest BCUT2D eigenvalue weighted by atomic mass is 32.1. The Morgan fingerprint density at radius 3 is 2.56 bits per heavy atom. The Labute approximate surface area is 190 Å². The van der Waals surface area contributed by atoms with Crippen LogP contribution in [0.15, 0.2) is 30.6 Å². The Bertz CT molecular complexity index is 1120.